The second kappa shape index (κ2) is 7.72. The Bertz CT molecular complexity index is 276. The predicted octanol–water partition coefficient (Wildman–Crippen LogP) is 3.34. The van der Waals surface area contributed by atoms with Crippen LogP contribution in [0.5, 0.6) is 0 Å². The van der Waals surface area contributed by atoms with Gasteiger partial charge in [0.25, 0.3) is 0 Å². The first-order valence-electron chi connectivity index (χ1n) is 6.94. The molecule has 1 aliphatic carbocycles. The normalized spacial score (nSPS) is 19.3. The van der Waals surface area contributed by atoms with Gasteiger partial charge in [0.05, 0.1) is 0 Å². The van der Waals surface area contributed by atoms with Crippen LogP contribution in [0.15, 0.2) is 0 Å². The molecular weight excluding hydrogens is 259 g/mol. The standard InChI is InChI=1S/C13H22F3NO2/c14-13(15,16)11(12(18)19)8-4-5-9-17-10-6-2-1-3-7-10/h10-11,17H,1-9H2,(H,18,19)/t11-/m1/s1. The first-order valence-corrected chi connectivity index (χ1v) is 6.94. The van der Waals surface area contributed by atoms with Crippen molar-refractivity contribution in [2.75, 3.05) is 6.54 Å². The quantitative estimate of drug-likeness (QED) is 0.704. The van der Waals surface area contributed by atoms with E-state index in [0.717, 1.165) is 12.8 Å². The number of aliphatic carboxylic acids is 1. The van der Waals surface area contributed by atoms with E-state index in [0.29, 0.717) is 19.0 Å². The van der Waals surface area contributed by atoms with Crippen LogP contribution in [0.4, 0.5) is 13.2 Å². The van der Waals surface area contributed by atoms with Crippen molar-refractivity contribution >= 4 is 5.97 Å². The minimum Gasteiger partial charge on any atom is -0.481 e. The molecule has 0 radical (unpaired) electrons. The molecule has 1 aliphatic rings. The summed E-state index contributed by atoms with van der Waals surface area (Å²) in [5.41, 5.74) is 0. The number of carboxylic acid groups (broad SMARTS) is 1. The van der Waals surface area contributed by atoms with Gasteiger partial charge < -0.3 is 10.4 Å². The van der Waals surface area contributed by atoms with E-state index in [1.165, 1.54) is 19.3 Å². The minimum atomic E-state index is -4.64. The SMILES string of the molecule is O=C(O)[C@@H](CCCCNC1CCCCC1)C(F)(F)F. The van der Waals surface area contributed by atoms with Gasteiger partial charge in [0.15, 0.2) is 5.92 Å². The number of alkyl halides is 3. The summed E-state index contributed by atoms with van der Waals surface area (Å²) in [7, 11) is 0. The van der Waals surface area contributed by atoms with Crippen LogP contribution in [-0.2, 0) is 4.79 Å². The van der Waals surface area contributed by atoms with Gasteiger partial charge in [-0.3, -0.25) is 4.79 Å². The van der Waals surface area contributed by atoms with E-state index in [4.69, 9.17) is 5.11 Å². The van der Waals surface area contributed by atoms with E-state index in [1.807, 2.05) is 0 Å². The maximum Gasteiger partial charge on any atom is 0.402 e. The van der Waals surface area contributed by atoms with Crippen LogP contribution < -0.4 is 5.32 Å². The van der Waals surface area contributed by atoms with Gasteiger partial charge in [0.2, 0.25) is 0 Å². The Morgan fingerprint density at radius 1 is 1.21 bits per heavy atom. The third-order valence-corrected chi connectivity index (χ3v) is 3.65. The molecule has 0 spiro atoms. The Balaban J connectivity index is 2.13. The van der Waals surface area contributed by atoms with E-state index in [1.54, 1.807) is 0 Å². The first-order chi connectivity index (χ1) is 8.91. The third-order valence-electron chi connectivity index (χ3n) is 3.65. The lowest BCUT2D eigenvalue weighted by molar-refractivity contribution is -0.194. The van der Waals surface area contributed by atoms with Crippen LogP contribution in [0, 0.1) is 5.92 Å². The number of unbranched alkanes of at least 4 members (excludes halogenated alkanes) is 1. The van der Waals surface area contributed by atoms with Crippen molar-refractivity contribution in [3.05, 3.63) is 0 Å². The molecule has 3 nitrogen and oxygen atoms in total. The highest BCUT2D eigenvalue weighted by Gasteiger charge is 2.44. The lowest BCUT2D eigenvalue weighted by Gasteiger charge is -2.23. The monoisotopic (exact) mass is 281 g/mol. The van der Waals surface area contributed by atoms with Crippen LogP contribution in [0.2, 0.25) is 0 Å². The van der Waals surface area contributed by atoms with Gasteiger partial charge in [-0.15, -0.1) is 0 Å². The number of hydrogen-bond acceptors (Lipinski definition) is 2. The highest BCUT2D eigenvalue weighted by molar-refractivity contribution is 5.70. The molecule has 0 amide bonds. The molecule has 112 valence electrons. The smallest absolute Gasteiger partial charge is 0.402 e. The number of rotatable bonds is 7. The lowest BCUT2D eigenvalue weighted by Crippen LogP contribution is -2.32. The van der Waals surface area contributed by atoms with E-state index >= 15 is 0 Å². The average Bonchev–Trinajstić information content (AvgIpc) is 2.32. The van der Waals surface area contributed by atoms with Gasteiger partial charge in [-0.25, -0.2) is 0 Å². The molecule has 0 aliphatic heterocycles. The zero-order valence-electron chi connectivity index (χ0n) is 11.0. The second-order valence-electron chi connectivity index (χ2n) is 5.22. The first kappa shape index (κ1) is 16.3. The van der Waals surface area contributed by atoms with Crippen molar-refractivity contribution in [3.63, 3.8) is 0 Å². The molecule has 1 rings (SSSR count). The molecule has 0 saturated heterocycles. The number of nitrogens with one attached hydrogen (secondary N) is 1. The highest BCUT2D eigenvalue weighted by atomic mass is 19.4. The molecule has 2 N–H and O–H groups in total. The van der Waals surface area contributed by atoms with Gasteiger partial charge in [-0.1, -0.05) is 25.7 Å². The molecule has 1 fully saturated rings. The number of carbonyl (C=O) groups is 1. The molecule has 0 aromatic heterocycles. The largest absolute Gasteiger partial charge is 0.481 e. The van der Waals surface area contributed by atoms with Gasteiger partial charge in [0.1, 0.15) is 0 Å². The lowest BCUT2D eigenvalue weighted by atomic mass is 9.95. The van der Waals surface area contributed by atoms with E-state index < -0.39 is 18.1 Å². The maximum atomic E-state index is 12.4. The van der Waals surface area contributed by atoms with Crippen molar-refractivity contribution in [2.24, 2.45) is 5.92 Å². The molecule has 0 bridgehead atoms. The van der Waals surface area contributed by atoms with Gasteiger partial charge in [-0.05, 0) is 32.2 Å². The van der Waals surface area contributed by atoms with Crippen molar-refractivity contribution in [2.45, 2.75) is 63.6 Å². The van der Waals surface area contributed by atoms with Crippen molar-refractivity contribution < 1.29 is 23.1 Å². The summed E-state index contributed by atoms with van der Waals surface area (Å²) in [6, 6.07) is 0.492. The molecule has 19 heavy (non-hydrogen) atoms. The summed E-state index contributed by atoms with van der Waals surface area (Å²) in [5, 5.41) is 11.9. The molecule has 0 unspecified atom stereocenters. The van der Waals surface area contributed by atoms with Crippen molar-refractivity contribution in [1.82, 2.24) is 5.32 Å². The van der Waals surface area contributed by atoms with E-state index in [2.05, 4.69) is 5.32 Å². The molecular formula is C13H22F3NO2. The number of carboxylic acids is 1. The van der Waals surface area contributed by atoms with E-state index in [9.17, 15) is 18.0 Å². The maximum absolute atomic E-state index is 12.4. The fourth-order valence-electron chi connectivity index (χ4n) is 2.51. The molecule has 6 heteroatoms. The Morgan fingerprint density at radius 2 is 1.84 bits per heavy atom. The second-order valence-corrected chi connectivity index (χ2v) is 5.22. The van der Waals surface area contributed by atoms with Crippen molar-refractivity contribution in [3.8, 4) is 0 Å². The zero-order valence-corrected chi connectivity index (χ0v) is 11.0. The van der Waals surface area contributed by atoms with Crippen LogP contribution in [-0.4, -0.2) is 29.8 Å². The molecule has 1 atom stereocenters. The zero-order chi connectivity index (χ0) is 14.3. The Morgan fingerprint density at radius 3 is 2.37 bits per heavy atom. The number of halogens is 3. The fourth-order valence-corrected chi connectivity index (χ4v) is 2.51. The Labute approximate surface area is 111 Å². The van der Waals surface area contributed by atoms with Crippen molar-refractivity contribution in [1.29, 1.82) is 0 Å². The summed E-state index contributed by atoms with van der Waals surface area (Å²) in [4.78, 5) is 10.5. The minimum absolute atomic E-state index is 0.288. The molecule has 0 heterocycles. The average molecular weight is 281 g/mol. The summed E-state index contributed by atoms with van der Waals surface area (Å²) in [6.07, 6.45) is 1.89. The van der Waals surface area contributed by atoms with Crippen LogP contribution in [0.25, 0.3) is 0 Å². The molecule has 0 aromatic rings. The van der Waals surface area contributed by atoms with Crippen LogP contribution in [0.1, 0.15) is 51.4 Å². The summed E-state index contributed by atoms with van der Waals surface area (Å²) in [6.45, 7) is 0.675. The highest BCUT2D eigenvalue weighted by Crippen LogP contribution is 2.30. The third kappa shape index (κ3) is 6.27. The predicted molar refractivity (Wildman–Crippen MR) is 65.9 cm³/mol. The van der Waals surface area contributed by atoms with E-state index in [-0.39, 0.29) is 12.8 Å². The fraction of sp³-hybridized carbons (Fsp3) is 0.923. The number of hydrogen-bond donors (Lipinski definition) is 2. The summed E-state index contributed by atoms with van der Waals surface area (Å²) in [5.74, 6) is -3.99. The molecule has 1 saturated carbocycles. The molecule has 0 aromatic carbocycles. The van der Waals surface area contributed by atoms with Crippen LogP contribution >= 0.6 is 0 Å². The van der Waals surface area contributed by atoms with Gasteiger partial charge in [-0.2, -0.15) is 13.2 Å². The van der Waals surface area contributed by atoms with Crippen LogP contribution in [0.3, 0.4) is 0 Å². The topological polar surface area (TPSA) is 49.3 Å². The Kier molecular flexibility index (Phi) is 6.62. The Hall–Kier alpha value is -0.780. The summed E-state index contributed by atoms with van der Waals surface area (Å²) < 4.78 is 37.1. The summed E-state index contributed by atoms with van der Waals surface area (Å²) >= 11 is 0. The van der Waals surface area contributed by atoms with Gasteiger partial charge in [0, 0.05) is 6.04 Å². The van der Waals surface area contributed by atoms with Gasteiger partial charge >= 0.3 is 12.1 Å².